The van der Waals surface area contributed by atoms with Gasteiger partial charge < -0.3 is 20.1 Å². The summed E-state index contributed by atoms with van der Waals surface area (Å²) in [5.41, 5.74) is 1.09. The van der Waals surface area contributed by atoms with Crippen LogP contribution < -0.4 is 15.4 Å². The fourth-order valence-corrected chi connectivity index (χ4v) is 2.55. The Morgan fingerprint density at radius 1 is 1.00 bits per heavy atom. The van der Waals surface area contributed by atoms with Gasteiger partial charge in [-0.25, -0.2) is 4.79 Å². The third-order valence-electron chi connectivity index (χ3n) is 3.36. The van der Waals surface area contributed by atoms with E-state index < -0.39 is 24.6 Å². The molecule has 2 amide bonds. The number of benzene rings is 2. The lowest BCUT2D eigenvalue weighted by Crippen LogP contribution is -2.29. The van der Waals surface area contributed by atoms with Gasteiger partial charge in [0, 0.05) is 23.3 Å². The Bertz CT molecular complexity index is 871. The number of carbonyl (C=O) groups is 3. The van der Waals surface area contributed by atoms with Gasteiger partial charge in [0.25, 0.3) is 5.91 Å². The van der Waals surface area contributed by atoms with Crippen molar-refractivity contribution >= 4 is 52.4 Å². The number of hydrogen-bond acceptors (Lipinski definition) is 5. The summed E-state index contributed by atoms with van der Waals surface area (Å²) in [7, 11) is 0. The van der Waals surface area contributed by atoms with E-state index in [9.17, 15) is 14.4 Å². The first kappa shape index (κ1) is 21.5. The largest absolute Gasteiger partial charge is 0.477 e. The molecule has 0 radical (unpaired) electrons. The van der Waals surface area contributed by atoms with Gasteiger partial charge in [-0.1, -0.05) is 23.2 Å². The number of esters is 1. The quantitative estimate of drug-likeness (QED) is 0.657. The molecule has 0 unspecified atom stereocenters. The summed E-state index contributed by atoms with van der Waals surface area (Å²) in [6.45, 7) is 2.40. The summed E-state index contributed by atoms with van der Waals surface area (Å²) in [6.07, 6.45) is -0.969. The van der Waals surface area contributed by atoms with Crippen LogP contribution in [-0.2, 0) is 19.1 Å². The van der Waals surface area contributed by atoms with Crippen molar-refractivity contribution in [3.63, 3.8) is 0 Å². The highest BCUT2D eigenvalue weighted by Crippen LogP contribution is 2.28. The van der Waals surface area contributed by atoms with E-state index in [-0.39, 0.29) is 16.7 Å². The van der Waals surface area contributed by atoms with Crippen LogP contribution in [0.5, 0.6) is 5.75 Å². The number of carbonyl (C=O) groups excluding carboxylic acids is 3. The van der Waals surface area contributed by atoms with Crippen molar-refractivity contribution < 1.29 is 23.9 Å². The molecule has 2 N–H and O–H groups in total. The van der Waals surface area contributed by atoms with Crippen LogP contribution in [0.4, 0.5) is 11.4 Å². The highest BCUT2D eigenvalue weighted by Gasteiger charge is 2.19. The summed E-state index contributed by atoms with van der Waals surface area (Å²) in [6, 6.07) is 11.1. The molecule has 28 heavy (non-hydrogen) atoms. The molecule has 0 saturated carbocycles. The minimum absolute atomic E-state index is 0.195. The molecule has 7 nitrogen and oxygen atoms in total. The minimum atomic E-state index is -0.969. The summed E-state index contributed by atoms with van der Waals surface area (Å²) < 4.78 is 10.4. The SMILES string of the molecule is CC(=O)Nc1ccc(NC(=O)COC(=O)[C@@H](C)Oc2ccc(Cl)cc2Cl)cc1. The highest BCUT2D eigenvalue weighted by molar-refractivity contribution is 6.35. The Balaban J connectivity index is 1.81. The Kier molecular flexibility index (Phi) is 7.66. The van der Waals surface area contributed by atoms with Crippen LogP contribution >= 0.6 is 23.2 Å². The molecule has 0 aromatic heterocycles. The normalized spacial score (nSPS) is 11.3. The van der Waals surface area contributed by atoms with Crippen LogP contribution in [-0.4, -0.2) is 30.5 Å². The van der Waals surface area contributed by atoms with Crippen molar-refractivity contribution in [3.05, 3.63) is 52.5 Å². The third-order valence-corrected chi connectivity index (χ3v) is 3.89. The summed E-state index contributed by atoms with van der Waals surface area (Å²) in [4.78, 5) is 34.9. The molecule has 0 aliphatic rings. The van der Waals surface area contributed by atoms with Gasteiger partial charge in [-0.05, 0) is 49.4 Å². The molecular formula is C19H18Cl2N2O5. The van der Waals surface area contributed by atoms with Gasteiger partial charge in [0.05, 0.1) is 5.02 Å². The van der Waals surface area contributed by atoms with Crippen molar-refractivity contribution in [2.24, 2.45) is 0 Å². The van der Waals surface area contributed by atoms with E-state index in [0.717, 1.165) is 0 Å². The lowest BCUT2D eigenvalue weighted by Gasteiger charge is -2.15. The second-order valence-corrected chi connectivity index (χ2v) is 6.59. The van der Waals surface area contributed by atoms with Gasteiger partial charge in [0.15, 0.2) is 12.7 Å². The van der Waals surface area contributed by atoms with E-state index in [1.54, 1.807) is 30.3 Å². The zero-order valence-corrected chi connectivity index (χ0v) is 16.6. The first-order chi connectivity index (χ1) is 13.2. The van der Waals surface area contributed by atoms with Crippen molar-refractivity contribution in [3.8, 4) is 5.75 Å². The first-order valence-corrected chi connectivity index (χ1v) is 8.96. The molecule has 9 heteroatoms. The van der Waals surface area contributed by atoms with E-state index in [1.165, 1.54) is 26.0 Å². The lowest BCUT2D eigenvalue weighted by molar-refractivity contribution is -0.153. The molecule has 0 spiro atoms. The van der Waals surface area contributed by atoms with Crippen LogP contribution in [0.15, 0.2) is 42.5 Å². The predicted octanol–water partition coefficient (Wildman–Crippen LogP) is 3.90. The maximum absolute atomic E-state index is 12.0. The molecule has 148 valence electrons. The second kappa shape index (κ2) is 9.96. The van der Waals surface area contributed by atoms with Gasteiger partial charge in [-0.15, -0.1) is 0 Å². The molecule has 2 aromatic carbocycles. The van der Waals surface area contributed by atoms with E-state index >= 15 is 0 Å². The maximum atomic E-state index is 12.0. The highest BCUT2D eigenvalue weighted by atomic mass is 35.5. The van der Waals surface area contributed by atoms with Gasteiger partial charge in [-0.3, -0.25) is 9.59 Å². The Labute approximate surface area is 171 Å². The van der Waals surface area contributed by atoms with Gasteiger partial charge in [-0.2, -0.15) is 0 Å². The van der Waals surface area contributed by atoms with Gasteiger partial charge in [0.1, 0.15) is 5.75 Å². The Morgan fingerprint density at radius 2 is 1.61 bits per heavy atom. The van der Waals surface area contributed by atoms with Crippen LogP contribution in [0.3, 0.4) is 0 Å². The molecule has 0 fully saturated rings. The summed E-state index contributed by atoms with van der Waals surface area (Å²) in [5, 5.41) is 5.89. The molecule has 1 atom stereocenters. The number of ether oxygens (including phenoxy) is 2. The third kappa shape index (κ3) is 6.75. The molecule has 0 aliphatic carbocycles. The summed E-state index contributed by atoms with van der Waals surface area (Å²) in [5.74, 6) is -1.15. The number of nitrogens with one attached hydrogen (secondary N) is 2. The van der Waals surface area contributed by atoms with E-state index in [4.69, 9.17) is 32.7 Å². The fourth-order valence-electron chi connectivity index (χ4n) is 2.10. The van der Waals surface area contributed by atoms with E-state index in [0.29, 0.717) is 16.4 Å². The number of hydrogen-bond donors (Lipinski definition) is 2. The van der Waals surface area contributed by atoms with Crippen LogP contribution in [0.1, 0.15) is 13.8 Å². The average Bonchev–Trinajstić information content (AvgIpc) is 2.63. The molecule has 0 heterocycles. The first-order valence-electron chi connectivity index (χ1n) is 8.20. The molecule has 2 aromatic rings. The van der Waals surface area contributed by atoms with Crippen molar-refractivity contribution in [1.82, 2.24) is 0 Å². The van der Waals surface area contributed by atoms with Gasteiger partial charge >= 0.3 is 5.97 Å². The number of rotatable bonds is 7. The van der Waals surface area contributed by atoms with Crippen molar-refractivity contribution in [2.45, 2.75) is 20.0 Å². The zero-order valence-electron chi connectivity index (χ0n) is 15.1. The monoisotopic (exact) mass is 424 g/mol. The van der Waals surface area contributed by atoms with Crippen molar-refractivity contribution in [1.29, 1.82) is 0 Å². The van der Waals surface area contributed by atoms with E-state index in [2.05, 4.69) is 10.6 Å². The fraction of sp³-hybridized carbons (Fsp3) is 0.211. The van der Waals surface area contributed by atoms with Crippen LogP contribution in [0.25, 0.3) is 0 Å². The molecular weight excluding hydrogens is 407 g/mol. The molecule has 0 aliphatic heterocycles. The summed E-state index contributed by atoms with van der Waals surface area (Å²) >= 11 is 11.8. The van der Waals surface area contributed by atoms with E-state index in [1.807, 2.05) is 0 Å². The second-order valence-electron chi connectivity index (χ2n) is 5.75. The topological polar surface area (TPSA) is 93.7 Å². The maximum Gasteiger partial charge on any atom is 0.347 e. The Morgan fingerprint density at radius 3 is 2.18 bits per heavy atom. The molecule has 2 rings (SSSR count). The van der Waals surface area contributed by atoms with Crippen molar-refractivity contribution in [2.75, 3.05) is 17.2 Å². The minimum Gasteiger partial charge on any atom is -0.477 e. The lowest BCUT2D eigenvalue weighted by atomic mass is 10.2. The van der Waals surface area contributed by atoms with Gasteiger partial charge in [0.2, 0.25) is 5.91 Å². The molecule has 0 bridgehead atoms. The number of anilines is 2. The van der Waals surface area contributed by atoms with Crippen LogP contribution in [0.2, 0.25) is 10.0 Å². The number of halogens is 2. The van der Waals surface area contributed by atoms with Crippen LogP contribution in [0, 0.1) is 0 Å². The average molecular weight is 425 g/mol. The standard InChI is InChI=1S/C19H18Cl2N2O5/c1-11(28-17-8-3-13(20)9-16(17)21)19(26)27-10-18(25)23-15-6-4-14(5-7-15)22-12(2)24/h3-9,11H,10H2,1-2H3,(H,22,24)(H,23,25)/t11-/m1/s1. The Hall–Kier alpha value is -2.77. The number of amides is 2. The smallest absolute Gasteiger partial charge is 0.347 e. The predicted molar refractivity (Wildman–Crippen MR) is 107 cm³/mol. The zero-order chi connectivity index (χ0) is 20.7. The molecule has 0 saturated heterocycles.